The number of hydrogen-bond acceptors (Lipinski definition) is 4. The lowest BCUT2D eigenvalue weighted by atomic mass is 10.1. The van der Waals surface area contributed by atoms with Crippen LogP contribution in [0.15, 0.2) is 30.3 Å². The van der Waals surface area contributed by atoms with Gasteiger partial charge in [-0.15, -0.1) is 0 Å². The van der Waals surface area contributed by atoms with Crippen LogP contribution in [0.5, 0.6) is 0 Å². The minimum atomic E-state index is -0.307. The van der Waals surface area contributed by atoms with E-state index in [1.165, 1.54) is 0 Å². The van der Waals surface area contributed by atoms with Crippen molar-refractivity contribution in [1.29, 1.82) is 0 Å². The first-order chi connectivity index (χ1) is 9.79. The molecule has 0 radical (unpaired) electrons. The van der Waals surface area contributed by atoms with Crippen LogP contribution in [-0.2, 0) is 19.0 Å². The fourth-order valence-electron chi connectivity index (χ4n) is 2.29. The third-order valence-corrected chi connectivity index (χ3v) is 3.28. The zero-order chi connectivity index (χ0) is 14.2. The van der Waals surface area contributed by atoms with E-state index < -0.39 is 0 Å². The van der Waals surface area contributed by atoms with Crippen LogP contribution in [0.2, 0.25) is 0 Å². The fourth-order valence-corrected chi connectivity index (χ4v) is 2.29. The minimum absolute atomic E-state index is 0.219. The van der Waals surface area contributed by atoms with Crippen LogP contribution in [-0.4, -0.2) is 25.5 Å². The Balaban J connectivity index is 2.01. The van der Waals surface area contributed by atoms with E-state index in [-0.39, 0.29) is 24.8 Å². The smallest absolute Gasteiger partial charge is 0.308 e. The van der Waals surface area contributed by atoms with E-state index in [0.29, 0.717) is 6.61 Å². The van der Waals surface area contributed by atoms with Gasteiger partial charge in [-0.2, -0.15) is 0 Å². The molecule has 0 aromatic heterocycles. The molecule has 4 heteroatoms. The summed E-state index contributed by atoms with van der Waals surface area (Å²) in [6.45, 7) is 2.92. The highest BCUT2D eigenvalue weighted by Gasteiger charge is 2.23. The van der Waals surface area contributed by atoms with E-state index in [2.05, 4.69) is 0 Å². The molecule has 0 saturated carbocycles. The molecule has 1 aromatic carbocycles. The highest BCUT2D eigenvalue weighted by molar-refractivity contribution is 5.70. The molecule has 1 fully saturated rings. The second kappa shape index (κ2) is 8.02. The van der Waals surface area contributed by atoms with Crippen LogP contribution in [0.1, 0.15) is 44.3 Å². The normalized spacial score (nSPS) is 20.4. The maximum absolute atomic E-state index is 11.7. The van der Waals surface area contributed by atoms with Gasteiger partial charge in [-0.1, -0.05) is 30.3 Å². The molecular formula is C16H22O4. The summed E-state index contributed by atoms with van der Waals surface area (Å²) in [5, 5.41) is 0. The molecular weight excluding hydrogens is 256 g/mol. The van der Waals surface area contributed by atoms with Crippen molar-refractivity contribution in [3.05, 3.63) is 35.9 Å². The van der Waals surface area contributed by atoms with Gasteiger partial charge in [0.2, 0.25) is 0 Å². The molecule has 2 rings (SSSR count). The summed E-state index contributed by atoms with van der Waals surface area (Å²) in [5.41, 5.74) is 0.981. The molecule has 1 unspecified atom stereocenters. The zero-order valence-electron chi connectivity index (χ0n) is 11.9. The van der Waals surface area contributed by atoms with Gasteiger partial charge in [0.1, 0.15) is 0 Å². The first kappa shape index (κ1) is 15.0. The van der Waals surface area contributed by atoms with Gasteiger partial charge in [-0.3, -0.25) is 4.79 Å². The van der Waals surface area contributed by atoms with Crippen LogP contribution in [0.25, 0.3) is 0 Å². The largest absolute Gasteiger partial charge is 0.466 e. The number of ether oxygens (including phenoxy) is 3. The van der Waals surface area contributed by atoms with E-state index in [0.717, 1.165) is 31.4 Å². The summed E-state index contributed by atoms with van der Waals surface area (Å²) in [6, 6.07) is 9.76. The van der Waals surface area contributed by atoms with Gasteiger partial charge in [0.05, 0.1) is 19.1 Å². The van der Waals surface area contributed by atoms with Crippen molar-refractivity contribution in [2.75, 3.05) is 13.2 Å². The average Bonchev–Trinajstić information content (AvgIpc) is 2.49. The highest BCUT2D eigenvalue weighted by atomic mass is 16.7. The summed E-state index contributed by atoms with van der Waals surface area (Å²) in [6.07, 6.45) is 2.75. The molecule has 110 valence electrons. The van der Waals surface area contributed by atoms with Gasteiger partial charge in [-0.05, 0) is 31.7 Å². The molecule has 1 saturated heterocycles. The van der Waals surface area contributed by atoms with Gasteiger partial charge < -0.3 is 14.2 Å². The molecule has 20 heavy (non-hydrogen) atoms. The van der Waals surface area contributed by atoms with Gasteiger partial charge in [0.25, 0.3) is 0 Å². The van der Waals surface area contributed by atoms with Crippen LogP contribution in [0, 0.1) is 0 Å². The Morgan fingerprint density at radius 2 is 2.15 bits per heavy atom. The van der Waals surface area contributed by atoms with Crippen LogP contribution in [0.4, 0.5) is 0 Å². The van der Waals surface area contributed by atoms with Crippen molar-refractivity contribution in [3.63, 3.8) is 0 Å². The second-order valence-corrected chi connectivity index (χ2v) is 4.84. The van der Waals surface area contributed by atoms with E-state index in [1.54, 1.807) is 6.92 Å². The Labute approximate surface area is 120 Å². The zero-order valence-corrected chi connectivity index (χ0v) is 11.9. The average molecular weight is 278 g/mol. The Hall–Kier alpha value is -1.39. The fraction of sp³-hybridized carbons (Fsp3) is 0.562. The number of carbonyl (C=O) groups excluding carboxylic acids is 1. The molecule has 2 atom stereocenters. The number of esters is 1. The lowest BCUT2D eigenvalue weighted by Gasteiger charge is -2.27. The van der Waals surface area contributed by atoms with Crippen LogP contribution in [0.3, 0.4) is 0 Å². The Bertz CT molecular complexity index is 398. The Kier molecular flexibility index (Phi) is 6.02. The number of hydrogen-bond donors (Lipinski definition) is 0. The summed E-state index contributed by atoms with van der Waals surface area (Å²) >= 11 is 0. The maximum atomic E-state index is 11.7. The third kappa shape index (κ3) is 4.62. The molecule has 1 aliphatic rings. The standard InChI is InChI=1S/C16H22O4/c1-2-18-15(17)12-14(13-8-4-3-5-9-13)20-16-10-6-7-11-19-16/h3-5,8-9,14,16H,2,6-7,10-12H2,1H3/t14-,16?/m0/s1. The molecule has 1 aliphatic heterocycles. The summed E-state index contributed by atoms with van der Waals surface area (Å²) < 4.78 is 16.6. The van der Waals surface area contributed by atoms with Crippen LogP contribution < -0.4 is 0 Å². The van der Waals surface area contributed by atoms with Crippen molar-refractivity contribution >= 4 is 5.97 Å². The first-order valence-electron chi connectivity index (χ1n) is 7.27. The van der Waals surface area contributed by atoms with Crippen molar-refractivity contribution < 1.29 is 19.0 Å². The number of carbonyl (C=O) groups is 1. The monoisotopic (exact) mass is 278 g/mol. The molecule has 1 heterocycles. The third-order valence-electron chi connectivity index (χ3n) is 3.28. The number of benzene rings is 1. The highest BCUT2D eigenvalue weighted by Crippen LogP contribution is 2.26. The van der Waals surface area contributed by atoms with Gasteiger partial charge in [0, 0.05) is 6.61 Å². The molecule has 0 bridgehead atoms. The van der Waals surface area contributed by atoms with Gasteiger partial charge in [-0.25, -0.2) is 0 Å². The molecule has 0 amide bonds. The Morgan fingerprint density at radius 3 is 2.80 bits per heavy atom. The first-order valence-corrected chi connectivity index (χ1v) is 7.27. The maximum Gasteiger partial charge on any atom is 0.308 e. The van der Waals surface area contributed by atoms with Crippen LogP contribution >= 0.6 is 0 Å². The predicted molar refractivity (Wildman–Crippen MR) is 75.1 cm³/mol. The van der Waals surface area contributed by atoms with Crippen molar-refractivity contribution in [2.24, 2.45) is 0 Å². The quantitative estimate of drug-likeness (QED) is 0.749. The van der Waals surface area contributed by atoms with E-state index >= 15 is 0 Å². The lowest BCUT2D eigenvalue weighted by molar-refractivity contribution is -0.194. The second-order valence-electron chi connectivity index (χ2n) is 4.84. The molecule has 1 aromatic rings. The van der Waals surface area contributed by atoms with Crippen molar-refractivity contribution in [1.82, 2.24) is 0 Å². The van der Waals surface area contributed by atoms with E-state index in [1.807, 2.05) is 30.3 Å². The molecule has 0 N–H and O–H groups in total. The molecule has 0 spiro atoms. The lowest BCUT2D eigenvalue weighted by Crippen LogP contribution is -2.26. The van der Waals surface area contributed by atoms with E-state index in [4.69, 9.17) is 14.2 Å². The van der Waals surface area contributed by atoms with Gasteiger partial charge in [0.15, 0.2) is 6.29 Å². The SMILES string of the molecule is CCOC(=O)C[C@H](OC1CCCCO1)c1ccccc1. The van der Waals surface area contributed by atoms with Crippen molar-refractivity contribution in [3.8, 4) is 0 Å². The Morgan fingerprint density at radius 1 is 1.35 bits per heavy atom. The molecule has 4 nitrogen and oxygen atoms in total. The minimum Gasteiger partial charge on any atom is -0.466 e. The predicted octanol–water partition coefficient (Wildman–Crippen LogP) is 3.22. The molecule has 0 aliphatic carbocycles. The summed E-state index contributed by atoms with van der Waals surface area (Å²) in [7, 11) is 0. The number of rotatable bonds is 6. The topological polar surface area (TPSA) is 44.8 Å². The van der Waals surface area contributed by atoms with Crippen molar-refractivity contribution in [2.45, 2.75) is 45.0 Å². The van der Waals surface area contributed by atoms with E-state index in [9.17, 15) is 4.79 Å². The summed E-state index contributed by atoms with van der Waals surface area (Å²) in [4.78, 5) is 11.7. The van der Waals surface area contributed by atoms with Gasteiger partial charge >= 0.3 is 5.97 Å². The summed E-state index contributed by atoms with van der Waals surface area (Å²) in [5.74, 6) is -0.239.